The first-order valence-electron chi connectivity index (χ1n) is 9.66. The summed E-state index contributed by atoms with van der Waals surface area (Å²) < 4.78 is 0. The molecule has 2 heteroatoms. The molecule has 1 fully saturated rings. The van der Waals surface area contributed by atoms with E-state index < -0.39 is 0 Å². The summed E-state index contributed by atoms with van der Waals surface area (Å²) >= 11 is 0. The van der Waals surface area contributed by atoms with Gasteiger partial charge in [-0.05, 0) is 42.4 Å². The van der Waals surface area contributed by atoms with E-state index in [0.29, 0.717) is 5.92 Å². The number of fused-ring (bicyclic) bond motifs is 1. The van der Waals surface area contributed by atoms with Gasteiger partial charge in [0.05, 0.1) is 12.0 Å². The molecule has 0 aliphatic heterocycles. The van der Waals surface area contributed by atoms with Crippen molar-refractivity contribution in [3.8, 4) is 6.07 Å². The fraction of sp³-hybridized carbons (Fsp3) is 0.478. The quantitative estimate of drug-likeness (QED) is 0.728. The van der Waals surface area contributed by atoms with Gasteiger partial charge in [0.1, 0.15) is 0 Å². The highest BCUT2D eigenvalue weighted by molar-refractivity contribution is 5.47. The molecule has 1 aromatic carbocycles. The lowest BCUT2D eigenvalue weighted by Gasteiger charge is -2.31. The van der Waals surface area contributed by atoms with Crippen LogP contribution in [0.5, 0.6) is 0 Å². The SMILES string of the molecule is CCc1cnc2c(c1)C(C#N)C(c1ccc(C)cc1)C2CC1CCC1. The summed E-state index contributed by atoms with van der Waals surface area (Å²) in [7, 11) is 0. The standard InChI is InChI=1S/C23H26N2/c1-3-16-11-19-21(13-24)22(18-9-7-15(2)8-10-18)20(23(19)25-14-16)12-17-5-4-6-17/h7-11,14,17,20-22H,3-6,12H2,1-2H3. The summed E-state index contributed by atoms with van der Waals surface area (Å²) in [6.45, 7) is 4.28. The molecule has 1 aromatic heterocycles. The Balaban J connectivity index is 1.78. The Bertz CT molecular complexity index is 796. The van der Waals surface area contributed by atoms with Gasteiger partial charge in [0.15, 0.2) is 0 Å². The predicted molar refractivity (Wildman–Crippen MR) is 101 cm³/mol. The van der Waals surface area contributed by atoms with Crippen LogP contribution in [-0.2, 0) is 6.42 Å². The van der Waals surface area contributed by atoms with E-state index in [4.69, 9.17) is 4.98 Å². The molecule has 2 aliphatic carbocycles. The highest BCUT2D eigenvalue weighted by Crippen LogP contribution is 2.55. The number of nitrogens with zero attached hydrogens (tertiary/aromatic N) is 2. The molecule has 0 spiro atoms. The van der Waals surface area contributed by atoms with E-state index in [0.717, 1.165) is 12.3 Å². The van der Waals surface area contributed by atoms with E-state index in [1.807, 2.05) is 6.20 Å². The van der Waals surface area contributed by atoms with Crippen LogP contribution in [-0.4, -0.2) is 4.98 Å². The van der Waals surface area contributed by atoms with Gasteiger partial charge in [-0.15, -0.1) is 0 Å². The first-order chi connectivity index (χ1) is 12.2. The number of hydrogen-bond acceptors (Lipinski definition) is 2. The number of aryl methyl sites for hydroxylation is 2. The van der Waals surface area contributed by atoms with Crippen molar-refractivity contribution in [3.05, 3.63) is 64.5 Å². The van der Waals surface area contributed by atoms with E-state index in [2.05, 4.69) is 50.2 Å². The van der Waals surface area contributed by atoms with E-state index in [9.17, 15) is 5.26 Å². The van der Waals surface area contributed by atoms with E-state index in [1.165, 1.54) is 53.6 Å². The third-order valence-electron chi connectivity index (χ3n) is 6.31. The summed E-state index contributed by atoms with van der Waals surface area (Å²) in [5, 5.41) is 10.0. The highest BCUT2D eigenvalue weighted by atomic mass is 14.7. The smallest absolute Gasteiger partial charge is 0.0805 e. The third-order valence-corrected chi connectivity index (χ3v) is 6.31. The molecule has 4 rings (SSSR count). The molecule has 1 heterocycles. The number of hydrogen-bond donors (Lipinski definition) is 0. The van der Waals surface area contributed by atoms with Crippen molar-refractivity contribution in [1.29, 1.82) is 5.26 Å². The Hall–Kier alpha value is -2.14. The summed E-state index contributed by atoms with van der Waals surface area (Å²) in [6, 6.07) is 13.7. The third kappa shape index (κ3) is 2.86. The Morgan fingerprint density at radius 3 is 2.56 bits per heavy atom. The second-order valence-electron chi connectivity index (χ2n) is 7.85. The van der Waals surface area contributed by atoms with Gasteiger partial charge in [0, 0.05) is 23.7 Å². The molecular formula is C23H26N2. The van der Waals surface area contributed by atoms with Crippen molar-refractivity contribution in [2.75, 3.05) is 0 Å². The van der Waals surface area contributed by atoms with Crippen LogP contribution >= 0.6 is 0 Å². The van der Waals surface area contributed by atoms with Crippen molar-refractivity contribution in [2.24, 2.45) is 5.92 Å². The van der Waals surface area contributed by atoms with Crippen molar-refractivity contribution < 1.29 is 0 Å². The molecule has 0 radical (unpaired) electrons. The Kier molecular flexibility index (Phi) is 4.34. The van der Waals surface area contributed by atoms with Crippen LogP contribution < -0.4 is 0 Å². The number of benzene rings is 1. The largest absolute Gasteiger partial charge is 0.260 e. The van der Waals surface area contributed by atoms with Crippen LogP contribution in [0.25, 0.3) is 0 Å². The lowest BCUT2D eigenvalue weighted by Crippen LogP contribution is -2.18. The Morgan fingerprint density at radius 1 is 1.20 bits per heavy atom. The number of nitriles is 1. The second-order valence-corrected chi connectivity index (χ2v) is 7.85. The predicted octanol–water partition coefficient (Wildman–Crippen LogP) is 5.63. The van der Waals surface area contributed by atoms with E-state index in [-0.39, 0.29) is 11.8 Å². The molecule has 2 nitrogen and oxygen atoms in total. The summed E-state index contributed by atoms with van der Waals surface area (Å²) in [5.74, 6) is 1.39. The summed E-state index contributed by atoms with van der Waals surface area (Å²) in [5.41, 5.74) is 6.20. The zero-order valence-electron chi connectivity index (χ0n) is 15.2. The zero-order chi connectivity index (χ0) is 17.4. The van der Waals surface area contributed by atoms with Crippen LogP contribution in [0, 0.1) is 24.2 Å². The van der Waals surface area contributed by atoms with Gasteiger partial charge in [-0.25, -0.2) is 0 Å². The molecule has 128 valence electrons. The van der Waals surface area contributed by atoms with Gasteiger partial charge in [-0.2, -0.15) is 5.26 Å². The van der Waals surface area contributed by atoms with Crippen molar-refractivity contribution in [2.45, 2.75) is 63.7 Å². The average Bonchev–Trinajstić information content (AvgIpc) is 2.91. The van der Waals surface area contributed by atoms with Gasteiger partial charge in [-0.1, -0.05) is 62.1 Å². The first kappa shape index (κ1) is 16.3. The highest BCUT2D eigenvalue weighted by Gasteiger charge is 2.44. The maximum Gasteiger partial charge on any atom is 0.0805 e. The zero-order valence-corrected chi connectivity index (χ0v) is 15.2. The van der Waals surface area contributed by atoms with E-state index >= 15 is 0 Å². The fourth-order valence-electron chi connectivity index (χ4n) is 4.60. The molecule has 3 unspecified atom stereocenters. The lowest BCUT2D eigenvalue weighted by atomic mass is 9.73. The molecule has 25 heavy (non-hydrogen) atoms. The molecule has 2 aromatic rings. The van der Waals surface area contributed by atoms with Gasteiger partial charge in [0.2, 0.25) is 0 Å². The maximum absolute atomic E-state index is 10.0. The molecule has 3 atom stereocenters. The van der Waals surface area contributed by atoms with Crippen molar-refractivity contribution in [1.82, 2.24) is 4.98 Å². The average molecular weight is 330 g/mol. The Morgan fingerprint density at radius 2 is 1.96 bits per heavy atom. The van der Waals surface area contributed by atoms with Crippen LogP contribution in [0.1, 0.15) is 78.3 Å². The molecule has 0 N–H and O–H groups in total. The topological polar surface area (TPSA) is 36.7 Å². The molecule has 0 saturated heterocycles. The molecule has 0 amide bonds. The van der Waals surface area contributed by atoms with Crippen molar-refractivity contribution in [3.63, 3.8) is 0 Å². The summed E-state index contributed by atoms with van der Waals surface area (Å²) in [6.07, 6.45) is 8.23. The number of rotatable bonds is 4. The number of pyridine rings is 1. The van der Waals surface area contributed by atoms with Crippen LogP contribution in [0.15, 0.2) is 36.5 Å². The van der Waals surface area contributed by atoms with Crippen molar-refractivity contribution >= 4 is 0 Å². The van der Waals surface area contributed by atoms with Crippen LogP contribution in [0.3, 0.4) is 0 Å². The second kappa shape index (κ2) is 6.64. The normalized spacial score (nSPS) is 25.2. The monoisotopic (exact) mass is 330 g/mol. The first-order valence-corrected chi connectivity index (χ1v) is 9.66. The fourth-order valence-corrected chi connectivity index (χ4v) is 4.60. The molecular weight excluding hydrogens is 304 g/mol. The summed E-state index contributed by atoms with van der Waals surface area (Å²) in [4.78, 5) is 4.86. The van der Waals surface area contributed by atoms with Gasteiger partial charge >= 0.3 is 0 Å². The lowest BCUT2D eigenvalue weighted by molar-refractivity contribution is 0.265. The Labute approximate surface area is 150 Å². The minimum atomic E-state index is -0.0678. The molecule has 0 bridgehead atoms. The van der Waals surface area contributed by atoms with E-state index in [1.54, 1.807) is 0 Å². The molecule has 1 saturated carbocycles. The number of aromatic nitrogens is 1. The van der Waals surface area contributed by atoms with Crippen LogP contribution in [0.2, 0.25) is 0 Å². The minimum Gasteiger partial charge on any atom is -0.260 e. The van der Waals surface area contributed by atoms with Gasteiger partial charge in [0.25, 0.3) is 0 Å². The maximum atomic E-state index is 10.0. The van der Waals surface area contributed by atoms with Gasteiger partial charge < -0.3 is 0 Å². The minimum absolute atomic E-state index is 0.0678. The van der Waals surface area contributed by atoms with Crippen LogP contribution in [0.4, 0.5) is 0 Å². The molecule has 2 aliphatic rings. The van der Waals surface area contributed by atoms with Gasteiger partial charge in [-0.3, -0.25) is 4.98 Å².